The number of rotatable bonds is 6. The van der Waals surface area contributed by atoms with Crippen molar-refractivity contribution >= 4 is 17.9 Å². The first-order chi connectivity index (χ1) is 19.6. The summed E-state index contributed by atoms with van der Waals surface area (Å²) < 4.78 is 11.6. The molecule has 0 aromatic heterocycles. The number of carbonyl (C=O) groups excluding carboxylic acids is 2. The van der Waals surface area contributed by atoms with Crippen molar-refractivity contribution in [1.82, 2.24) is 0 Å². The maximum absolute atomic E-state index is 13.5. The quantitative estimate of drug-likeness (QED) is 0.251. The molecule has 0 bridgehead atoms. The normalized spacial score (nSPS) is 45.7. The molecule has 0 spiro atoms. The van der Waals surface area contributed by atoms with Crippen LogP contribution in [-0.2, 0) is 23.9 Å². The molecule has 6 nitrogen and oxygen atoms in total. The van der Waals surface area contributed by atoms with Crippen molar-refractivity contribution in [3.63, 3.8) is 0 Å². The first-order valence-corrected chi connectivity index (χ1v) is 16.8. The Hall–Kier alpha value is -1.85. The van der Waals surface area contributed by atoms with E-state index >= 15 is 0 Å². The van der Waals surface area contributed by atoms with Crippen molar-refractivity contribution in [1.29, 1.82) is 0 Å². The van der Waals surface area contributed by atoms with Crippen molar-refractivity contribution in [3.8, 4) is 0 Å². The Morgan fingerprint density at radius 2 is 1.62 bits per heavy atom. The van der Waals surface area contributed by atoms with Crippen LogP contribution in [0.25, 0.3) is 0 Å². The molecule has 42 heavy (non-hydrogen) atoms. The SMILES string of the molecule is COC(=O)[C@]12CC[C@@H](C)[C@H](C)[C@H]1C1=CC[C@@H]3[C@@]4(C)CC[C@H](OC(=O)CCCC(=O)O)C(C)(C)[C@@H]4CC[C@@]3(C)[C@]1(C)CC2. The van der Waals surface area contributed by atoms with E-state index in [2.05, 4.69) is 54.5 Å². The van der Waals surface area contributed by atoms with Crippen molar-refractivity contribution < 1.29 is 29.0 Å². The van der Waals surface area contributed by atoms with E-state index < -0.39 is 5.97 Å². The number of esters is 2. The summed E-state index contributed by atoms with van der Waals surface area (Å²) in [6.45, 7) is 17.0. The third-order valence-corrected chi connectivity index (χ3v) is 14.6. The fraction of sp³-hybridized carbons (Fsp3) is 0.861. The van der Waals surface area contributed by atoms with E-state index in [4.69, 9.17) is 14.6 Å². The third kappa shape index (κ3) is 4.42. The van der Waals surface area contributed by atoms with Gasteiger partial charge in [-0.3, -0.25) is 14.4 Å². The Morgan fingerprint density at radius 1 is 0.905 bits per heavy atom. The zero-order chi connectivity index (χ0) is 30.9. The predicted molar refractivity (Wildman–Crippen MR) is 162 cm³/mol. The molecule has 5 aliphatic carbocycles. The molecule has 4 fully saturated rings. The molecule has 236 valence electrons. The van der Waals surface area contributed by atoms with Crippen LogP contribution in [0.3, 0.4) is 0 Å². The second kappa shape index (κ2) is 10.6. The van der Waals surface area contributed by atoms with Gasteiger partial charge in [-0.25, -0.2) is 0 Å². The molecule has 0 saturated heterocycles. The summed E-state index contributed by atoms with van der Waals surface area (Å²) in [6.07, 6.45) is 12.2. The van der Waals surface area contributed by atoms with Crippen LogP contribution in [0.2, 0.25) is 0 Å². The van der Waals surface area contributed by atoms with Crippen LogP contribution in [0.4, 0.5) is 0 Å². The van der Waals surface area contributed by atoms with Crippen molar-refractivity contribution in [2.75, 3.05) is 7.11 Å². The zero-order valence-corrected chi connectivity index (χ0v) is 27.5. The fourth-order valence-corrected chi connectivity index (χ4v) is 11.8. The van der Waals surface area contributed by atoms with E-state index in [0.717, 1.165) is 57.8 Å². The second-order valence-corrected chi connectivity index (χ2v) is 16.4. The van der Waals surface area contributed by atoms with E-state index in [9.17, 15) is 14.4 Å². The number of allylic oxidation sites excluding steroid dienone is 2. The number of ether oxygens (including phenoxy) is 2. The van der Waals surface area contributed by atoms with E-state index in [1.165, 1.54) is 0 Å². The minimum atomic E-state index is -0.874. The summed E-state index contributed by atoms with van der Waals surface area (Å²) in [4.78, 5) is 37.1. The molecule has 0 aromatic carbocycles. The Labute approximate surface area is 253 Å². The van der Waals surface area contributed by atoms with Crippen LogP contribution in [0.5, 0.6) is 0 Å². The highest BCUT2D eigenvalue weighted by Crippen LogP contribution is 2.76. The molecule has 5 rings (SSSR count). The fourth-order valence-electron chi connectivity index (χ4n) is 11.8. The number of methoxy groups -OCH3 is 1. The minimum absolute atomic E-state index is 0.00229. The zero-order valence-electron chi connectivity index (χ0n) is 27.5. The maximum Gasteiger partial charge on any atom is 0.312 e. The Bertz CT molecular complexity index is 1140. The first kappa shape index (κ1) is 31.6. The van der Waals surface area contributed by atoms with Gasteiger partial charge in [0.15, 0.2) is 0 Å². The maximum atomic E-state index is 13.5. The number of aliphatic carboxylic acids is 1. The molecule has 4 saturated carbocycles. The molecule has 6 heteroatoms. The van der Waals surface area contributed by atoms with Gasteiger partial charge in [0, 0.05) is 18.3 Å². The molecule has 0 heterocycles. The van der Waals surface area contributed by atoms with Gasteiger partial charge in [-0.2, -0.15) is 0 Å². The lowest BCUT2D eigenvalue weighted by atomic mass is 9.33. The van der Waals surface area contributed by atoms with Crippen molar-refractivity contribution in [3.05, 3.63) is 11.6 Å². The highest BCUT2D eigenvalue weighted by Gasteiger charge is 2.69. The van der Waals surface area contributed by atoms with Crippen LogP contribution >= 0.6 is 0 Å². The van der Waals surface area contributed by atoms with Gasteiger partial charge in [0.05, 0.1) is 12.5 Å². The highest BCUT2D eigenvalue weighted by molar-refractivity contribution is 5.78. The van der Waals surface area contributed by atoms with E-state index in [-0.39, 0.29) is 63.9 Å². The van der Waals surface area contributed by atoms with Gasteiger partial charge < -0.3 is 14.6 Å². The van der Waals surface area contributed by atoms with E-state index in [1.807, 2.05) is 0 Å². The average Bonchev–Trinajstić information content (AvgIpc) is 2.92. The lowest BCUT2D eigenvalue weighted by Crippen LogP contribution is -2.65. The number of fused-ring (bicyclic) bond motifs is 7. The second-order valence-electron chi connectivity index (χ2n) is 16.4. The molecule has 0 amide bonds. The van der Waals surface area contributed by atoms with Gasteiger partial charge in [0.25, 0.3) is 0 Å². The molecule has 5 aliphatic rings. The topological polar surface area (TPSA) is 89.9 Å². The molecule has 0 aliphatic heterocycles. The van der Waals surface area contributed by atoms with E-state index in [1.54, 1.807) is 12.7 Å². The number of hydrogen-bond donors (Lipinski definition) is 1. The Morgan fingerprint density at radius 3 is 2.29 bits per heavy atom. The summed E-state index contributed by atoms with van der Waals surface area (Å²) in [5, 5.41) is 8.95. The van der Waals surface area contributed by atoms with Gasteiger partial charge in [-0.05, 0) is 110 Å². The van der Waals surface area contributed by atoms with Crippen molar-refractivity contribution in [2.45, 2.75) is 132 Å². The average molecular weight is 585 g/mol. The number of hydrogen-bond acceptors (Lipinski definition) is 5. The van der Waals surface area contributed by atoms with Gasteiger partial charge >= 0.3 is 17.9 Å². The smallest absolute Gasteiger partial charge is 0.312 e. The summed E-state index contributed by atoms with van der Waals surface area (Å²) in [5.74, 6) is 1.15. The first-order valence-electron chi connectivity index (χ1n) is 16.8. The van der Waals surface area contributed by atoms with Crippen LogP contribution in [0.1, 0.15) is 126 Å². The Kier molecular flexibility index (Phi) is 8.00. The number of carboxylic acids is 1. The van der Waals surface area contributed by atoms with Gasteiger partial charge in [-0.15, -0.1) is 0 Å². The molecule has 0 radical (unpaired) electrons. The lowest BCUT2D eigenvalue weighted by Gasteiger charge is -2.71. The van der Waals surface area contributed by atoms with Gasteiger partial charge in [0.1, 0.15) is 6.10 Å². The highest BCUT2D eigenvalue weighted by atomic mass is 16.5. The predicted octanol–water partition coefficient (Wildman–Crippen LogP) is 7.98. The minimum Gasteiger partial charge on any atom is -0.481 e. The molecular formula is C36H56O6. The van der Waals surface area contributed by atoms with Crippen molar-refractivity contribution in [2.24, 2.45) is 56.7 Å². The Balaban J connectivity index is 1.44. The largest absolute Gasteiger partial charge is 0.481 e. The number of carboxylic acid groups (broad SMARTS) is 1. The molecule has 10 atom stereocenters. The molecular weight excluding hydrogens is 528 g/mol. The summed E-state index contributed by atoms with van der Waals surface area (Å²) in [7, 11) is 1.57. The number of carbonyl (C=O) groups is 3. The summed E-state index contributed by atoms with van der Waals surface area (Å²) >= 11 is 0. The van der Waals surface area contributed by atoms with Crippen LogP contribution < -0.4 is 0 Å². The molecule has 0 unspecified atom stereocenters. The van der Waals surface area contributed by atoms with E-state index in [0.29, 0.717) is 30.1 Å². The standard InChI is InChI=1S/C36H56O6/c1-22-14-19-36(31(40)41-8)21-20-34(6)24(30(36)23(22)2)12-13-26-33(5)17-16-27(42-29(39)11-9-10-28(37)38)32(3,4)25(33)15-18-35(26,34)7/h12,22-23,25-27,30H,9-11,13-21H2,1-8H3,(H,37,38)/t22-,23+,25+,26-,27+,30+,33+,34-,35-,36+/m1/s1. The summed E-state index contributed by atoms with van der Waals surface area (Å²) in [6, 6.07) is 0. The van der Waals surface area contributed by atoms with Crippen LogP contribution in [0.15, 0.2) is 11.6 Å². The lowest BCUT2D eigenvalue weighted by molar-refractivity contribution is -0.215. The monoisotopic (exact) mass is 584 g/mol. The van der Waals surface area contributed by atoms with Gasteiger partial charge in [0.2, 0.25) is 0 Å². The third-order valence-electron chi connectivity index (χ3n) is 14.6. The molecule has 0 aromatic rings. The van der Waals surface area contributed by atoms with Crippen LogP contribution in [-0.4, -0.2) is 36.2 Å². The molecule has 1 N–H and O–H groups in total. The van der Waals surface area contributed by atoms with Crippen LogP contribution in [0, 0.1) is 56.7 Å². The van der Waals surface area contributed by atoms with Gasteiger partial charge in [-0.1, -0.05) is 60.1 Å². The summed E-state index contributed by atoms with van der Waals surface area (Å²) in [5.41, 5.74) is 1.35.